The zero-order valence-corrected chi connectivity index (χ0v) is 18.8. The highest BCUT2D eigenvalue weighted by Crippen LogP contribution is 2.44. The van der Waals surface area contributed by atoms with Crippen LogP contribution in [0.2, 0.25) is 0 Å². The van der Waals surface area contributed by atoms with Crippen molar-refractivity contribution in [2.75, 3.05) is 6.61 Å². The third-order valence-electron chi connectivity index (χ3n) is 5.64. The molecule has 0 radical (unpaired) electrons. The Balaban J connectivity index is 1.59. The standard InChI is InChI=1S/C25H30N2O5/c1-15(2)22(23(29)30)26-21(28)13-25(3,4)27-24(31)32-14-20-18-11-7-5-9-16(18)17-10-6-8-12-19(17)20/h5-12,15,20,22H,13-14H2,1-4H3,(H,26,28)(H,27,31)(H,29,30)/t22-/m0/s1. The first-order valence-corrected chi connectivity index (χ1v) is 10.7. The van der Waals surface area contributed by atoms with Gasteiger partial charge >= 0.3 is 12.1 Å². The van der Waals surface area contributed by atoms with Crippen LogP contribution in [0.25, 0.3) is 11.1 Å². The molecule has 1 aliphatic carbocycles. The van der Waals surface area contributed by atoms with Crippen molar-refractivity contribution in [3.8, 4) is 11.1 Å². The Hall–Kier alpha value is -3.35. The number of hydrogen-bond donors (Lipinski definition) is 3. The molecule has 0 saturated carbocycles. The topological polar surface area (TPSA) is 105 Å². The molecule has 3 N–H and O–H groups in total. The number of fused-ring (bicyclic) bond motifs is 3. The molecule has 0 saturated heterocycles. The summed E-state index contributed by atoms with van der Waals surface area (Å²) in [5, 5.41) is 14.5. The molecular formula is C25H30N2O5. The van der Waals surface area contributed by atoms with Crippen molar-refractivity contribution in [3.05, 3.63) is 59.7 Å². The molecule has 1 aliphatic rings. The van der Waals surface area contributed by atoms with E-state index >= 15 is 0 Å². The van der Waals surface area contributed by atoms with E-state index in [1.807, 2.05) is 36.4 Å². The number of carboxylic acid groups (broad SMARTS) is 1. The third-order valence-corrected chi connectivity index (χ3v) is 5.64. The first-order chi connectivity index (χ1) is 15.1. The Labute approximate surface area is 188 Å². The number of hydrogen-bond acceptors (Lipinski definition) is 4. The molecule has 2 aromatic rings. The van der Waals surface area contributed by atoms with Gasteiger partial charge in [-0.2, -0.15) is 0 Å². The fourth-order valence-corrected chi connectivity index (χ4v) is 4.09. The Morgan fingerprint density at radius 2 is 1.53 bits per heavy atom. The Morgan fingerprint density at radius 1 is 1.00 bits per heavy atom. The van der Waals surface area contributed by atoms with Crippen molar-refractivity contribution >= 4 is 18.0 Å². The maximum atomic E-state index is 12.5. The summed E-state index contributed by atoms with van der Waals surface area (Å²) in [5.41, 5.74) is 3.62. The predicted octanol–water partition coefficient (Wildman–Crippen LogP) is 3.92. The van der Waals surface area contributed by atoms with Gasteiger partial charge in [0.1, 0.15) is 12.6 Å². The fourth-order valence-electron chi connectivity index (χ4n) is 4.09. The number of ether oxygens (including phenoxy) is 1. The van der Waals surface area contributed by atoms with E-state index in [0.29, 0.717) is 0 Å². The largest absolute Gasteiger partial charge is 0.480 e. The van der Waals surface area contributed by atoms with Crippen LogP contribution in [-0.2, 0) is 14.3 Å². The highest BCUT2D eigenvalue weighted by molar-refractivity contribution is 5.85. The van der Waals surface area contributed by atoms with Crippen molar-refractivity contribution in [2.24, 2.45) is 5.92 Å². The summed E-state index contributed by atoms with van der Waals surface area (Å²) in [6.45, 7) is 7.01. The number of carboxylic acids is 1. The number of alkyl carbamates (subject to hydrolysis) is 1. The van der Waals surface area contributed by atoms with Gasteiger partial charge in [-0.25, -0.2) is 9.59 Å². The molecule has 1 atom stereocenters. The van der Waals surface area contributed by atoms with Crippen molar-refractivity contribution in [2.45, 2.75) is 51.6 Å². The Bertz CT molecular complexity index is 969. The highest BCUT2D eigenvalue weighted by Gasteiger charge is 2.31. The molecule has 0 spiro atoms. The van der Waals surface area contributed by atoms with Crippen LogP contribution in [0.5, 0.6) is 0 Å². The summed E-state index contributed by atoms with van der Waals surface area (Å²) in [6, 6.07) is 15.2. The van der Waals surface area contributed by atoms with E-state index in [9.17, 15) is 19.5 Å². The third kappa shape index (κ3) is 5.28. The lowest BCUT2D eigenvalue weighted by Crippen LogP contribution is -2.50. The van der Waals surface area contributed by atoms with Crippen LogP contribution in [0.3, 0.4) is 0 Å². The summed E-state index contributed by atoms with van der Waals surface area (Å²) in [5.74, 6) is -1.85. The second-order valence-electron chi connectivity index (χ2n) is 9.14. The van der Waals surface area contributed by atoms with Crippen molar-refractivity contribution in [3.63, 3.8) is 0 Å². The number of carbonyl (C=O) groups is 3. The summed E-state index contributed by atoms with van der Waals surface area (Å²) < 4.78 is 5.54. The summed E-state index contributed by atoms with van der Waals surface area (Å²) >= 11 is 0. The lowest BCUT2D eigenvalue weighted by molar-refractivity contribution is -0.143. The van der Waals surface area contributed by atoms with Gasteiger partial charge < -0.3 is 20.5 Å². The van der Waals surface area contributed by atoms with Crippen molar-refractivity contribution in [1.29, 1.82) is 0 Å². The molecule has 0 heterocycles. The summed E-state index contributed by atoms with van der Waals surface area (Å²) in [6.07, 6.45) is -0.698. The maximum absolute atomic E-state index is 12.5. The molecule has 0 bridgehead atoms. The van der Waals surface area contributed by atoms with E-state index in [-0.39, 0.29) is 24.9 Å². The quantitative estimate of drug-likeness (QED) is 0.579. The SMILES string of the molecule is CC(C)[C@H](NC(=O)CC(C)(C)NC(=O)OCC1c2ccccc2-c2ccccc21)C(=O)O. The first kappa shape index (κ1) is 23.3. The Kier molecular flexibility index (Phi) is 6.87. The second kappa shape index (κ2) is 9.42. The molecule has 0 aromatic heterocycles. The summed E-state index contributed by atoms with van der Waals surface area (Å²) in [4.78, 5) is 36.1. The van der Waals surface area contributed by atoms with E-state index in [0.717, 1.165) is 22.3 Å². The van der Waals surface area contributed by atoms with Gasteiger partial charge in [-0.15, -0.1) is 0 Å². The average Bonchev–Trinajstić information content (AvgIpc) is 3.03. The first-order valence-electron chi connectivity index (χ1n) is 10.7. The molecule has 170 valence electrons. The van der Waals surface area contributed by atoms with Crippen LogP contribution in [0.1, 0.15) is 51.2 Å². The minimum absolute atomic E-state index is 0.0538. The van der Waals surface area contributed by atoms with Crippen LogP contribution in [0.4, 0.5) is 4.79 Å². The smallest absolute Gasteiger partial charge is 0.407 e. The highest BCUT2D eigenvalue weighted by atomic mass is 16.5. The van der Waals surface area contributed by atoms with Crippen LogP contribution >= 0.6 is 0 Å². The number of amides is 2. The van der Waals surface area contributed by atoms with E-state index in [1.54, 1.807) is 27.7 Å². The zero-order valence-electron chi connectivity index (χ0n) is 18.8. The van der Waals surface area contributed by atoms with Crippen LogP contribution in [0, 0.1) is 5.92 Å². The van der Waals surface area contributed by atoms with Gasteiger partial charge in [0.05, 0.1) is 0 Å². The molecule has 0 aliphatic heterocycles. The molecule has 3 rings (SSSR count). The molecule has 32 heavy (non-hydrogen) atoms. The molecule has 7 heteroatoms. The molecule has 0 unspecified atom stereocenters. The lowest BCUT2D eigenvalue weighted by Gasteiger charge is -2.27. The van der Waals surface area contributed by atoms with Gasteiger partial charge in [0.25, 0.3) is 0 Å². The molecule has 7 nitrogen and oxygen atoms in total. The number of rotatable bonds is 8. The van der Waals surface area contributed by atoms with E-state index in [2.05, 4.69) is 22.8 Å². The van der Waals surface area contributed by atoms with Gasteiger partial charge in [-0.05, 0) is 42.0 Å². The minimum Gasteiger partial charge on any atom is -0.480 e. The minimum atomic E-state index is -1.09. The Morgan fingerprint density at radius 3 is 2.03 bits per heavy atom. The normalized spacial score (nSPS) is 13.8. The van der Waals surface area contributed by atoms with E-state index in [4.69, 9.17) is 4.74 Å². The maximum Gasteiger partial charge on any atom is 0.407 e. The lowest BCUT2D eigenvalue weighted by atomic mass is 9.98. The van der Waals surface area contributed by atoms with Gasteiger partial charge in [-0.1, -0.05) is 62.4 Å². The molecule has 2 amide bonds. The second-order valence-corrected chi connectivity index (χ2v) is 9.14. The van der Waals surface area contributed by atoms with Crippen molar-refractivity contribution < 1.29 is 24.2 Å². The van der Waals surface area contributed by atoms with Crippen LogP contribution in [0.15, 0.2) is 48.5 Å². The monoisotopic (exact) mass is 438 g/mol. The van der Waals surface area contributed by atoms with E-state index in [1.165, 1.54) is 0 Å². The fraction of sp³-hybridized carbons (Fsp3) is 0.400. The van der Waals surface area contributed by atoms with Crippen LogP contribution in [-0.4, -0.2) is 41.3 Å². The molecule has 2 aromatic carbocycles. The summed E-state index contributed by atoms with van der Waals surface area (Å²) in [7, 11) is 0. The van der Waals surface area contributed by atoms with Gasteiger partial charge in [0.15, 0.2) is 0 Å². The zero-order chi connectivity index (χ0) is 23.5. The number of carbonyl (C=O) groups excluding carboxylic acids is 2. The van der Waals surface area contributed by atoms with Crippen LogP contribution < -0.4 is 10.6 Å². The predicted molar refractivity (Wildman–Crippen MR) is 121 cm³/mol. The van der Waals surface area contributed by atoms with E-state index < -0.39 is 29.6 Å². The molecular weight excluding hydrogens is 408 g/mol. The van der Waals surface area contributed by atoms with Crippen molar-refractivity contribution in [1.82, 2.24) is 10.6 Å². The van der Waals surface area contributed by atoms with Gasteiger partial charge in [-0.3, -0.25) is 4.79 Å². The van der Waals surface area contributed by atoms with Gasteiger partial charge in [0.2, 0.25) is 5.91 Å². The number of benzene rings is 2. The average molecular weight is 439 g/mol. The number of aliphatic carboxylic acids is 1. The van der Waals surface area contributed by atoms with Gasteiger partial charge in [0, 0.05) is 17.9 Å². The molecule has 0 fully saturated rings. The number of nitrogens with one attached hydrogen (secondary N) is 2.